The summed E-state index contributed by atoms with van der Waals surface area (Å²) in [5, 5.41) is 0. The van der Waals surface area contributed by atoms with Gasteiger partial charge in [0.25, 0.3) is 0 Å². The molecule has 1 heterocycles. The van der Waals surface area contributed by atoms with E-state index in [9.17, 15) is 4.79 Å². The van der Waals surface area contributed by atoms with E-state index >= 15 is 0 Å². The van der Waals surface area contributed by atoms with Gasteiger partial charge in [0.15, 0.2) is 0 Å². The van der Waals surface area contributed by atoms with E-state index in [-0.39, 0.29) is 22.7 Å². The zero-order chi connectivity index (χ0) is 30.7. The third-order valence-electron chi connectivity index (χ3n) is 10.7. The van der Waals surface area contributed by atoms with Crippen LogP contribution in [0.25, 0.3) is 0 Å². The Bertz CT molecular complexity index is 1230. The molecule has 2 aromatic rings. The number of fused-ring (bicyclic) bond motifs is 1. The van der Waals surface area contributed by atoms with Crippen molar-refractivity contribution < 1.29 is 19.0 Å². The fraction of sp³-hybridized carbons (Fsp3) is 0.649. The number of methoxy groups -OCH3 is 3. The van der Waals surface area contributed by atoms with Gasteiger partial charge in [0.2, 0.25) is 0 Å². The Labute approximate surface area is 255 Å². The van der Waals surface area contributed by atoms with E-state index < -0.39 is 0 Å². The minimum atomic E-state index is -0.0877. The standard InChI is InChI=1S/C37H55NO4/c1-10-26(3)35(39)28-11-12-30(36(4,5)34-29(20-28)21-32(41-8)22-33(34)42-9)23-37(6)13-15-38(16-14-37)24-27-17-25(2)18-31(19-27)40-7/h17-19,21-22,26,28,30H,10-16,20,23-24H2,1-9H3. The van der Waals surface area contributed by atoms with Gasteiger partial charge in [-0.25, -0.2) is 0 Å². The fourth-order valence-electron chi connectivity index (χ4n) is 7.70. The maximum Gasteiger partial charge on any atom is 0.139 e. The maximum absolute atomic E-state index is 13.6. The van der Waals surface area contributed by atoms with Crippen LogP contribution in [0.4, 0.5) is 0 Å². The molecule has 3 unspecified atom stereocenters. The van der Waals surface area contributed by atoms with Crippen molar-refractivity contribution in [2.45, 2.75) is 98.4 Å². The number of nitrogens with zero attached hydrogens (tertiary/aromatic N) is 1. The summed E-state index contributed by atoms with van der Waals surface area (Å²) in [5.74, 6) is 3.63. The summed E-state index contributed by atoms with van der Waals surface area (Å²) in [6.07, 6.45) is 7.20. The molecule has 1 aliphatic carbocycles. The number of rotatable bonds is 10. The number of aryl methyl sites for hydroxylation is 1. The third-order valence-corrected chi connectivity index (χ3v) is 10.7. The zero-order valence-electron chi connectivity index (χ0n) is 27.8. The van der Waals surface area contributed by atoms with Crippen molar-refractivity contribution >= 4 is 5.78 Å². The van der Waals surface area contributed by atoms with Crippen LogP contribution in [-0.2, 0) is 23.2 Å². The molecule has 42 heavy (non-hydrogen) atoms. The predicted molar refractivity (Wildman–Crippen MR) is 172 cm³/mol. The lowest BCUT2D eigenvalue weighted by atomic mass is 9.60. The van der Waals surface area contributed by atoms with Gasteiger partial charge in [0, 0.05) is 30.0 Å². The summed E-state index contributed by atoms with van der Waals surface area (Å²) in [4.78, 5) is 16.2. The van der Waals surface area contributed by atoms with Crippen molar-refractivity contribution in [1.82, 2.24) is 4.90 Å². The quantitative estimate of drug-likeness (QED) is 0.285. The average molecular weight is 578 g/mol. The molecule has 0 radical (unpaired) electrons. The highest BCUT2D eigenvalue weighted by Crippen LogP contribution is 2.51. The van der Waals surface area contributed by atoms with Gasteiger partial charge in [0.1, 0.15) is 23.0 Å². The van der Waals surface area contributed by atoms with E-state index in [1.54, 1.807) is 21.3 Å². The number of piperidine rings is 1. The summed E-state index contributed by atoms with van der Waals surface area (Å²) in [6, 6.07) is 10.8. The minimum absolute atomic E-state index is 0.0371. The Morgan fingerprint density at radius 3 is 2.24 bits per heavy atom. The van der Waals surface area contributed by atoms with E-state index in [2.05, 4.69) is 70.7 Å². The summed E-state index contributed by atoms with van der Waals surface area (Å²) in [5.41, 5.74) is 5.24. The number of ether oxygens (including phenoxy) is 3. The smallest absolute Gasteiger partial charge is 0.139 e. The van der Waals surface area contributed by atoms with Gasteiger partial charge in [-0.3, -0.25) is 9.69 Å². The molecule has 1 saturated heterocycles. The van der Waals surface area contributed by atoms with Gasteiger partial charge >= 0.3 is 0 Å². The van der Waals surface area contributed by atoms with Crippen LogP contribution in [0.1, 0.15) is 95.4 Å². The van der Waals surface area contributed by atoms with Crippen LogP contribution >= 0.6 is 0 Å². The maximum atomic E-state index is 13.6. The van der Waals surface area contributed by atoms with Gasteiger partial charge in [-0.2, -0.15) is 0 Å². The monoisotopic (exact) mass is 577 g/mol. The van der Waals surface area contributed by atoms with E-state index in [0.717, 1.165) is 69.0 Å². The van der Waals surface area contributed by atoms with Crippen molar-refractivity contribution in [3.8, 4) is 17.2 Å². The van der Waals surface area contributed by atoms with Crippen molar-refractivity contribution in [2.24, 2.45) is 23.2 Å². The highest BCUT2D eigenvalue weighted by molar-refractivity contribution is 5.83. The molecule has 0 aromatic heterocycles. The van der Waals surface area contributed by atoms with Gasteiger partial charge in [-0.05, 0) is 117 Å². The number of benzene rings is 2. The molecule has 0 saturated carbocycles. The largest absolute Gasteiger partial charge is 0.497 e. The van der Waals surface area contributed by atoms with Crippen LogP contribution in [-0.4, -0.2) is 45.1 Å². The second-order valence-electron chi connectivity index (χ2n) is 14.1. The number of ketones is 1. The van der Waals surface area contributed by atoms with Crippen LogP contribution in [0, 0.1) is 30.1 Å². The first kappa shape index (κ1) is 32.4. The second-order valence-corrected chi connectivity index (χ2v) is 14.1. The Hall–Kier alpha value is -2.53. The molecular formula is C37H55NO4. The van der Waals surface area contributed by atoms with Crippen LogP contribution in [0.3, 0.4) is 0 Å². The number of carbonyl (C=O) groups is 1. The summed E-state index contributed by atoms with van der Waals surface area (Å²) >= 11 is 0. The number of hydrogen-bond acceptors (Lipinski definition) is 5. The van der Waals surface area contributed by atoms with Crippen molar-refractivity contribution in [2.75, 3.05) is 34.4 Å². The Morgan fingerprint density at radius 1 is 0.952 bits per heavy atom. The molecule has 0 amide bonds. The van der Waals surface area contributed by atoms with E-state index in [1.807, 2.05) is 6.07 Å². The van der Waals surface area contributed by atoms with Crippen LogP contribution < -0.4 is 14.2 Å². The Morgan fingerprint density at radius 2 is 1.62 bits per heavy atom. The Kier molecular flexibility index (Phi) is 10.3. The average Bonchev–Trinajstić information content (AvgIpc) is 2.97. The van der Waals surface area contributed by atoms with Crippen molar-refractivity contribution in [1.29, 1.82) is 0 Å². The SMILES string of the molecule is CCC(C)C(=O)C1CCC(CC2(C)CCN(Cc3cc(C)cc(OC)c3)CC2)C(C)(C)c2c(cc(OC)cc2OC)C1. The number of carbonyl (C=O) groups excluding carboxylic acids is 1. The van der Waals surface area contributed by atoms with E-state index in [0.29, 0.717) is 11.7 Å². The first-order valence-electron chi connectivity index (χ1n) is 16.1. The molecule has 5 heteroatoms. The van der Waals surface area contributed by atoms with Gasteiger partial charge in [0.05, 0.1) is 21.3 Å². The molecule has 1 aliphatic heterocycles. The normalized spacial score (nSPS) is 22.8. The highest BCUT2D eigenvalue weighted by atomic mass is 16.5. The van der Waals surface area contributed by atoms with Gasteiger partial charge in [-0.15, -0.1) is 0 Å². The molecule has 0 spiro atoms. The summed E-state index contributed by atoms with van der Waals surface area (Å²) in [6.45, 7) is 16.9. The second kappa shape index (κ2) is 13.4. The molecule has 0 N–H and O–H groups in total. The zero-order valence-corrected chi connectivity index (χ0v) is 27.8. The molecule has 4 rings (SSSR count). The lowest BCUT2D eigenvalue weighted by Crippen LogP contribution is -2.42. The molecule has 5 nitrogen and oxygen atoms in total. The molecule has 232 valence electrons. The minimum Gasteiger partial charge on any atom is -0.497 e. The first-order valence-corrected chi connectivity index (χ1v) is 16.1. The topological polar surface area (TPSA) is 48.0 Å². The van der Waals surface area contributed by atoms with Crippen LogP contribution in [0.15, 0.2) is 30.3 Å². The lowest BCUT2D eigenvalue weighted by Gasteiger charge is -2.47. The van der Waals surface area contributed by atoms with E-state index in [1.165, 1.54) is 35.1 Å². The molecule has 2 aromatic carbocycles. The van der Waals surface area contributed by atoms with Gasteiger partial charge < -0.3 is 14.2 Å². The number of Topliss-reactive ketones (excluding diaryl/α,β-unsaturated/α-hetero) is 1. The Balaban J connectivity index is 1.58. The summed E-state index contributed by atoms with van der Waals surface area (Å²) in [7, 11) is 5.22. The molecule has 2 aliphatic rings. The van der Waals surface area contributed by atoms with Crippen molar-refractivity contribution in [3.63, 3.8) is 0 Å². The molecule has 0 bridgehead atoms. The molecule has 1 fully saturated rings. The van der Waals surface area contributed by atoms with Crippen LogP contribution in [0.2, 0.25) is 0 Å². The van der Waals surface area contributed by atoms with E-state index in [4.69, 9.17) is 14.2 Å². The highest BCUT2D eigenvalue weighted by Gasteiger charge is 2.43. The lowest BCUT2D eigenvalue weighted by molar-refractivity contribution is -0.126. The van der Waals surface area contributed by atoms with Crippen molar-refractivity contribution in [3.05, 3.63) is 52.6 Å². The van der Waals surface area contributed by atoms with Crippen LogP contribution in [0.5, 0.6) is 17.2 Å². The molecular weight excluding hydrogens is 522 g/mol. The third kappa shape index (κ3) is 7.15. The fourth-order valence-corrected chi connectivity index (χ4v) is 7.70. The molecule has 3 atom stereocenters. The predicted octanol–water partition coefficient (Wildman–Crippen LogP) is 8.17. The van der Waals surface area contributed by atoms with Gasteiger partial charge in [-0.1, -0.05) is 40.7 Å². The number of hydrogen-bond donors (Lipinski definition) is 0. The summed E-state index contributed by atoms with van der Waals surface area (Å²) < 4.78 is 17.2. The first-order chi connectivity index (χ1) is 19.9. The number of likely N-dealkylation sites (tertiary alicyclic amines) is 1.